The van der Waals surface area contributed by atoms with Crippen LogP contribution in [0.15, 0.2) is 0 Å². The van der Waals surface area contributed by atoms with Crippen molar-refractivity contribution in [1.82, 2.24) is 4.90 Å². The Morgan fingerprint density at radius 2 is 1.84 bits per heavy atom. The molecule has 0 radical (unpaired) electrons. The summed E-state index contributed by atoms with van der Waals surface area (Å²) in [5.74, 6) is 1.72. The van der Waals surface area contributed by atoms with Gasteiger partial charge < -0.3 is 10.6 Å². The van der Waals surface area contributed by atoms with E-state index in [0.29, 0.717) is 23.9 Å². The largest absolute Gasteiger partial charge is 0.343 e. The molecule has 0 spiro atoms. The third-order valence-electron chi connectivity index (χ3n) is 5.20. The number of rotatable bonds is 3. The molecule has 0 saturated heterocycles. The molecule has 2 atom stereocenters. The van der Waals surface area contributed by atoms with E-state index in [4.69, 9.17) is 5.73 Å². The van der Waals surface area contributed by atoms with Gasteiger partial charge >= 0.3 is 0 Å². The third-order valence-corrected chi connectivity index (χ3v) is 5.20. The second-order valence-electron chi connectivity index (χ2n) is 6.92. The lowest BCUT2D eigenvalue weighted by Crippen LogP contribution is -2.41. The van der Waals surface area contributed by atoms with E-state index in [1.54, 1.807) is 0 Å². The van der Waals surface area contributed by atoms with Gasteiger partial charge in [-0.3, -0.25) is 4.79 Å². The van der Waals surface area contributed by atoms with Gasteiger partial charge in [0.25, 0.3) is 0 Å². The molecule has 19 heavy (non-hydrogen) atoms. The van der Waals surface area contributed by atoms with E-state index in [2.05, 4.69) is 6.92 Å². The maximum absolute atomic E-state index is 12.4. The summed E-state index contributed by atoms with van der Waals surface area (Å²) in [6, 6.07) is 0.866. The molecule has 2 N–H and O–H groups in total. The van der Waals surface area contributed by atoms with E-state index in [1.807, 2.05) is 11.9 Å². The van der Waals surface area contributed by atoms with Crippen LogP contribution in [0.25, 0.3) is 0 Å². The first-order valence-electron chi connectivity index (χ1n) is 8.07. The van der Waals surface area contributed by atoms with Gasteiger partial charge in [0, 0.05) is 25.6 Å². The van der Waals surface area contributed by atoms with Gasteiger partial charge in [0.05, 0.1) is 0 Å². The van der Waals surface area contributed by atoms with Crippen LogP contribution < -0.4 is 5.73 Å². The zero-order chi connectivity index (χ0) is 13.8. The minimum atomic E-state index is 0.361. The lowest BCUT2D eigenvalue weighted by Gasteiger charge is -2.35. The Morgan fingerprint density at radius 3 is 2.47 bits per heavy atom. The van der Waals surface area contributed by atoms with Crippen LogP contribution in [0.2, 0.25) is 0 Å². The van der Waals surface area contributed by atoms with Crippen molar-refractivity contribution in [3.63, 3.8) is 0 Å². The van der Waals surface area contributed by atoms with Crippen LogP contribution in [0.4, 0.5) is 0 Å². The van der Waals surface area contributed by atoms with Gasteiger partial charge in [-0.15, -0.1) is 0 Å². The summed E-state index contributed by atoms with van der Waals surface area (Å²) in [7, 11) is 2.01. The molecule has 0 heterocycles. The molecule has 0 bridgehead atoms. The van der Waals surface area contributed by atoms with Crippen molar-refractivity contribution in [2.75, 3.05) is 7.05 Å². The number of carbonyl (C=O) groups is 1. The highest BCUT2D eigenvalue weighted by atomic mass is 16.2. The molecule has 2 aliphatic carbocycles. The second kappa shape index (κ2) is 6.74. The lowest BCUT2D eigenvalue weighted by atomic mass is 9.83. The summed E-state index contributed by atoms with van der Waals surface area (Å²) < 4.78 is 0. The summed E-state index contributed by atoms with van der Waals surface area (Å²) in [5.41, 5.74) is 5.92. The van der Waals surface area contributed by atoms with Crippen LogP contribution in [0, 0.1) is 11.8 Å². The molecule has 2 rings (SSSR count). The predicted molar refractivity (Wildman–Crippen MR) is 78.7 cm³/mol. The van der Waals surface area contributed by atoms with Crippen LogP contribution in [0.3, 0.4) is 0 Å². The van der Waals surface area contributed by atoms with E-state index in [0.717, 1.165) is 38.0 Å². The number of carbonyl (C=O) groups excluding carboxylic acids is 1. The molecular formula is C16H30N2O. The van der Waals surface area contributed by atoms with Gasteiger partial charge in [-0.1, -0.05) is 19.8 Å². The predicted octanol–water partition coefficient (Wildman–Crippen LogP) is 2.93. The molecule has 0 aromatic carbocycles. The highest BCUT2D eigenvalue weighted by Gasteiger charge is 2.28. The van der Waals surface area contributed by atoms with Crippen LogP contribution in [-0.2, 0) is 4.79 Å². The van der Waals surface area contributed by atoms with E-state index in [-0.39, 0.29) is 0 Å². The van der Waals surface area contributed by atoms with Crippen LogP contribution in [0.1, 0.15) is 64.7 Å². The quantitative estimate of drug-likeness (QED) is 0.853. The zero-order valence-electron chi connectivity index (χ0n) is 12.6. The number of hydrogen-bond acceptors (Lipinski definition) is 2. The monoisotopic (exact) mass is 266 g/mol. The smallest absolute Gasteiger partial charge is 0.222 e. The number of hydrogen-bond donors (Lipinski definition) is 1. The Morgan fingerprint density at radius 1 is 1.16 bits per heavy atom. The summed E-state index contributed by atoms with van der Waals surface area (Å²) >= 11 is 0. The fraction of sp³-hybridized carbons (Fsp3) is 0.938. The lowest BCUT2D eigenvalue weighted by molar-refractivity contribution is -0.134. The van der Waals surface area contributed by atoms with Crippen LogP contribution in [0.5, 0.6) is 0 Å². The fourth-order valence-corrected chi connectivity index (χ4v) is 3.74. The molecule has 2 aliphatic rings. The Balaban J connectivity index is 1.78. The topological polar surface area (TPSA) is 46.3 Å². The Bertz CT molecular complexity index is 297. The van der Waals surface area contributed by atoms with Crippen molar-refractivity contribution in [2.24, 2.45) is 17.6 Å². The average Bonchev–Trinajstić information content (AvgIpc) is 2.40. The summed E-state index contributed by atoms with van der Waals surface area (Å²) in [6.45, 7) is 2.31. The van der Waals surface area contributed by atoms with Gasteiger partial charge in [-0.05, 0) is 50.4 Å². The minimum Gasteiger partial charge on any atom is -0.343 e. The Labute approximate surface area is 117 Å². The first-order chi connectivity index (χ1) is 9.06. The molecule has 2 saturated carbocycles. The Kier molecular flexibility index (Phi) is 5.26. The average molecular weight is 266 g/mol. The van der Waals surface area contributed by atoms with Gasteiger partial charge in [0.1, 0.15) is 0 Å². The maximum Gasteiger partial charge on any atom is 0.222 e. The van der Waals surface area contributed by atoms with Crippen molar-refractivity contribution in [3.8, 4) is 0 Å². The standard InChI is InChI=1S/C16H30N2O/c1-12-4-3-5-15(10-12)18(2)16(19)11-13-6-8-14(17)9-7-13/h12-15H,3-11,17H2,1-2H3. The van der Waals surface area contributed by atoms with Gasteiger partial charge in [0.2, 0.25) is 5.91 Å². The number of nitrogens with zero attached hydrogens (tertiary/aromatic N) is 1. The van der Waals surface area contributed by atoms with Crippen molar-refractivity contribution in [3.05, 3.63) is 0 Å². The molecule has 2 unspecified atom stereocenters. The first-order valence-corrected chi connectivity index (χ1v) is 8.07. The van der Waals surface area contributed by atoms with Crippen molar-refractivity contribution >= 4 is 5.91 Å². The normalized spacial score (nSPS) is 35.9. The van der Waals surface area contributed by atoms with Crippen molar-refractivity contribution in [2.45, 2.75) is 76.8 Å². The summed E-state index contributed by atoms with van der Waals surface area (Å²) in [4.78, 5) is 14.4. The van der Waals surface area contributed by atoms with Gasteiger partial charge in [-0.25, -0.2) is 0 Å². The maximum atomic E-state index is 12.4. The highest BCUT2D eigenvalue weighted by Crippen LogP contribution is 2.29. The first kappa shape index (κ1) is 14.8. The van der Waals surface area contributed by atoms with Crippen molar-refractivity contribution < 1.29 is 4.79 Å². The van der Waals surface area contributed by atoms with E-state index < -0.39 is 0 Å². The molecule has 110 valence electrons. The minimum absolute atomic E-state index is 0.361. The zero-order valence-corrected chi connectivity index (χ0v) is 12.6. The summed E-state index contributed by atoms with van der Waals surface area (Å²) in [6.07, 6.45) is 10.2. The third kappa shape index (κ3) is 4.20. The molecule has 3 nitrogen and oxygen atoms in total. The molecule has 3 heteroatoms. The SMILES string of the molecule is CC1CCCC(N(C)C(=O)CC2CCC(N)CC2)C1. The van der Waals surface area contributed by atoms with Gasteiger partial charge in [-0.2, -0.15) is 0 Å². The van der Waals surface area contributed by atoms with Gasteiger partial charge in [0.15, 0.2) is 0 Å². The number of nitrogens with two attached hydrogens (primary N) is 1. The molecule has 1 amide bonds. The molecule has 0 aromatic heterocycles. The summed E-state index contributed by atoms with van der Waals surface area (Å²) in [5, 5.41) is 0. The fourth-order valence-electron chi connectivity index (χ4n) is 3.74. The molecule has 2 fully saturated rings. The van der Waals surface area contributed by atoms with E-state index >= 15 is 0 Å². The van der Waals surface area contributed by atoms with E-state index in [9.17, 15) is 4.79 Å². The molecular weight excluding hydrogens is 236 g/mol. The van der Waals surface area contributed by atoms with Crippen LogP contribution in [-0.4, -0.2) is 29.9 Å². The van der Waals surface area contributed by atoms with E-state index in [1.165, 1.54) is 25.7 Å². The van der Waals surface area contributed by atoms with Crippen molar-refractivity contribution in [1.29, 1.82) is 0 Å². The second-order valence-corrected chi connectivity index (χ2v) is 6.92. The molecule has 0 aromatic rings. The highest BCUT2D eigenvalue weighted by molar-refractivity contribution is 5.76. The molecule has 0 aliphatic heterocycles. The van der Waals surface area contributed by atoms with Crippen LogP contribution >= 0.6 is 0 Å². The Hall–Kier alpha value is -0.570. The number of amides is 1.